The van der Waals surface area contributed by atoms with Gasteiger partial charge in [0.25, 0.3) is 5.91 Å². The molecule has 1 atom stereocenters. The average molecular weight is 266 g/mol. The molecule has 0 spiro atoms. The molecule has 1 heterocycles. The van der Waals surface area contributed by atoms with Crippen molar-refractivity contribution in [1.29, 1.82) is 0 Å². The lowest BCUT2D eigenvalue weighted by Gasteiger charge is -2.13. The molecule has 0 radical (unpaired) electrons. The number of carbonyl (C=O) groups excluding carboxylic acids is 2. The van der Waals surface area contributed by atoms with E-state index in [-0.39, 0.29) is 11.6 Å². The molecule has 0 fully saturated rings. The Morgan fingerprint density at radius 3 is 2.63 bits per heavy atom. The van der Waals surface area contributed by atoms with Crippen molar-refractivity contribution in [1.82, 2.24) is 20.8 Å². The normalized spacial score (nSPS) is 11.5. The van der Waals surface area contributed by atoms with Gasteiger partial charge in [-0.3, -0.25) is 9.59 Å². The van der Waals surface area contributed by atoms with Crippen LogP contribution < -0.4 is 21.9 Å². The van der Waals surface area contributed by atoms with Crippen LogP contribution in [0.2, 0.25) is 0 Å². The van der Waals surface area contributed by atoms with Crippen LogP contribution in [0.5, 0.6) is 0 Å². The molecular formula is C11H18N6O2. The molecule has 8 nitrogen and oxygen atoms in total. The summed E-state index contributed by atoms with van der Waals surface area (Å²) in [7, 11) is 0. The number of hydrogen-bond acceptors (Lipinski definition) is 6. The van der Waals surface area contributed by atoms with Crippen molar-refractivity contribution < 1.29 is 9.59 Å². The van der Waals surface area contributed by atoms with E-state index in [4.69, 9.17) is 5.84 Å². The van der Waals surface area contributed by atoms with Crippen LogP contribution in [0.25, 0.3) is 0 Å². The minimum Gasteiger partial charge on any atom is -0.354 e. The van der Waals surface area contributed by atoms with Crippen LogP contribution in [0.1, 0.15) is 30.8 Å². The highest BCUT2D eigenvalue weighted by Crippen LogP contribution is 2.00. The summed E-state index contributed by atoms with van der Waals surface area (Å²) in [6.07, 6.45) is 0.839. The van der Waals surface area contributed by atoms with Gasteiger partial charge in [-0.05, 0) is 25.5 Å². The van der Waals surface area contributed by atoms with Crippen molar-refractivity contribution in [2.45, 2.75) is 26.3 Å². The van der Waals surface area contributed by atoms with Crippen molar-refractivity contribution in [3.8, 4) is 0 Å². The Balaban J connectivity index is 2.55. The number of hydrazine groups is 1. The van der Waals surface area contributed by atoms with Crippen LogP contribution in [-0.4, -0.2) is 34.6 Å². The molecule has 0 aliphatic carbocycles. The van der Waals surface area contributed by atoms with Crippen molar-refractivity contribution >= 4 is 17.6 Å². The minimum atomic E-state index is -0.631. The number of nitrogens with zero attached hydrogens (tertiary/aromatic N) is 2. The monoisotopic (exact) mass is 266 g/mol. The van der Waals surface area contributed by atoms with E-state index >= 15 is 0 Å². The maximum absolute atomic E-state index is 11.8. The molecule has 1 unspecified atom stereocenters. The molecule has 2 amide bonds. The summed E-state index contributed by atoms with van der Waals surface area (Å²) >= 11 is 0. The smallest absolute Gasteiger partial charge is 0.272 e. The predicted molar refractivity (Wildman–Crippen MR) is 70.1 cm³/mol. The molecule has 0 saturated heterocycles. The van der Waals surface area contributed by atoms with E-state index in [1.807, 2.05) is 6.92 Å². The molecule has 5 N–H and O–H groups in total. The highest BCUT2D eigenvalue weighted by Gasteiger charge is 2.17. The lowest BCUT2D eigenvalue weighted by molar-refractivity contribution is -0.122. The Bertz CT molecular complexity index is 433. The van der Waals surface area contributed by atoms with Gasteiger partial charge in [0, 0.05) is 6.54 Å². The van der Waals surface area contributed by atoms with E-state index in [1.54, 1.807) is 6.92 Å². The Morgan fingerprint density at radius 1 is 1.37 bits per heavy atom. The number of aromatic nitrogens is 2. The molecule has 0 aromatic carbocycles. The number of rotatable bonds is 6. The Labute approximate surface area is 111 Å². The van der Waals surface area contributed by atoms with Crippen molar-refractivity contribution in [2.24, 2.45) is 5.84 Å². The fraction of sp³-hybridized carbons (Fsp3) is 0.455. The van der Waals surface area contributed by atoms with Crippen molar-refractivity contribution in [3.63, 3.8) is 0 Å². The zero-order valence-electron chi connectivity index (χ0n) is 10.9. The van der Waals surface area contributed by atoms with Crippen molar-refractivity contribution in [2.75, 3.05) is 12.0 Å². The largest absolute Gasteiger partial charge is 0.354 e. The highest BCUT2D eigenvalue weighted by molar-refractivity contribution is 5.95. The van der Waals surface area contributed by atoms with Crippen molar-refractivity contribution in [3.05, 3.63) is 17.8 Å². The van der Waals surface area contributed by atoms with Crippen LogP contribution in [-0.2, 0) is 4.79 Å². The molecule has 1 aromatic rings. The summed E-state index contributed by atoms with van der Waals surface area (Å²) in [5.74, 6) is 4.79. The zero-order chi connectivity index (χ0) is 14.3. The standard InChI is InChI=1S/C11H18N6O2/c1-3-6-13-10(18)7(2)14-11(19)8-4-5-9(15-12)17-16-8/h4-5,7H,3,6,12H2,1-2H3,(H,13,18)(H,14,19)(H,15,17). The zero-order valence-corrected chi connectivity index (χ0v) is 10.9. The number of nitrogens with one attached hydrogen (secondary N) is 3. The third-order valence-electron chi connectivity index (χ3n) is 2.34. The van der Waals surface area contributed by atoms with E-state index in [0.717, 1.165) is 6.42 Å². The molecule has 1 rings (SSSR count). The van der Waals surface area contributed by atoms with Gasteiger partial charge in [0.2, 0.25) is 5.91 Å². The van der Waals surface area contributed by atoms with Crippen LogP contribution in [0.3, 0.4) is 0 Å². The summed E-state index contributed by atoms with van der Waals surface area (Å²) in [6, 6.07) is 2.35. The molecule has 8 heteroatoms. The first-order valence-electron chi connectivity index (χ1n) is 5.97. The first kappa shape index (κ1) is 14.8. The molecular weight excluding hydrogens is 248 g/mol. The minimum absolute atomic E-state index is 0.120. The average Bonchev–Trinajstić information content (AvgIpc) is 2.44. The van der Waals surface area contributed by atoms with E-state index in [1.165, 1.54) is 12.1 Å². The third-order valence-corrected chi connectivity index (χ3v) is 2.34. The summed E-state index contributed by atoms with van der Waals surface area (Å²) in [4.78, 5) is 23.4. The molecule has 1 aromatic heterocycles. The number of nitrogens with two attached hydrogens (primary N) is 1. The second-order valence-corrected chi connectivity index (χ2v) is 3.93. The Kier molecular flexibility index (Phi) is 5.68. The fourth-order valence-electron chi connectivity index (χ4n) is 1.27. The summed E-state index contributed by atoms with van der Waals surface area (Å²) in [6.45, 7) is 4.13. The lowest BCUT2D eigenvalue weighted by Crippen LogP contribution is -2.45. The Morgan fingerprint density at radius 2 is 2.11 bits per heavy atom. The van der Waals surface area contributed by atoms with Crippen LogP contribution in [0.4, 0.5) is 5.82 Å². The Hall–Kier alpha value is -2.22. The molecule has 19 heavy (non-hydrogen) atoms. The van der Waals surface area contributed by atoms with Gasteiger partial charge in [0.15, 0.2) is 11.5 Å². The molecule has 0 aliphatic heterocycles. The van der Waals surface area contributed by atoms with Gasteiger partial charge in [0.05, 0.1) is 0 Å². The van der Waals surface area contributed by atoms with Crippen LogP contribution in [0.15, 0.2) is 12.1 Å². The van der Waals surface area contributed by atoms with E-state index in [0.29, 0.717) is 12.4 Å². The second-order valence-electron chi connectivity index (χ2n) is 3.93. The molecule has 0 aliphatic rings. The van der Waals surface area contributed by atoms with E-state index < -0.39 is 11.9 Å². The maximum Gasteiger partial charge on any atom is 0.272 e. The van der Waals surface area contributed by atoms with Crippen LogP contribution >= 0.6 is 0 Å². The highest BCUT2D eigenvalue weighted by atomic mass is 16.2. The lowest BCUT2D eigenvalue weighted by atomic mass is 10.2. The first-order chi connectivity index (χ1) is 9.08. The summed E-state index contributed by atoms with van der Waals surface area (Å²) < 4.78 is 0. The van der Waals surface area contributed by atoms with Gasteiger partial charge in [-0.15, -0.1) is 10.2 Å². The topological polar surface area (TPSA) is 122 Å². The SMILES string of the molecule is CCCNC(=O)C(C)NC(=O)c1ccc(NN)nn1. The molecule has 104 valence electrons. The maximum atomic E-state index is 11.8. The number of amides is 2. The number of hydrogen-bond donors (Lipinski definition) is 4. The van der Waals surface area contributed by atoms with Gasteiger partial charge < -0.3 is 16.1 Å². The fourth-order valence-corrected chi connectivity index (χ4v) is 1.27. The third kappa shape index (κ3) is 4.51. The number of carbonyl (C=O) groups is 2. The van der Waals surface area contributed by atoms with Gasteiger partial charge in [-0.25, -0.2) is 5.84 Å². The van der Waals surface area contributed by atoms with Crippen LogP contribution in [0, 0.1) is 0 Å². The first-order valence-corrected chi connectivity index (χ1v) is 5.97. The van der Waals surface area contributed by atoms with Gasteiger partial charge in [-0.1, -0.05) is 6.92 Å². The van der Waals surface area contributed by atoms with E-state index in [2.05, 4.69) is 26.3 Å². The molecule has 0 saturated carbocycles. The van der Waals surface area contributed by atoms with Gasteiger partial charge in [0.1, 0.15) is 6.04 Å². The number of anilines is 1. The van der Waals surface area contributed by atoms with Gasteiger partial charge in [-0.2, -0.15) is 0 Å². The second kappa shape index (κ2) is 7.27. The van der Waals surface area contributed by atoms with Gasteiger partial charge >= 0.3 is 0 Å². The quantitative estimate of drug-likeness (QED) is 0.403. The summed E-state index contributed by atoms with van der Waals surface area (Å²) in [5.41, 5.74) is 2.43. The van der Waals surface area contributed by atoms with E-state index in [9.17, 15) is 9.59 Å². The molecule has 0 bridgehead atoms. The predicted octanol–water partition coefficient (Wildman–Crippen LogP) is -0.593. The number of nitrogen functional groups attached to an aromatic ring is 1. The summed E-state index contributed by atoms with van der Waals surface area (Å²) in [5, 5.41) is 12.6.